The summed E-state index contributed by atoms with van der Waals surface area (Å²) in [4.78, 5) is 11.2. The summed E-state index contributed by atoms with van der Waals surface area (Å²) in [6.45, 7) is 2.02. The van der Waals surface area contributed by atoms with E-state index in [9.17, 15) is 4.79 Å². The summed E-state index contributed by atoms with van der Waals surface area (Å²) in [5, 5.41) is 10.1. The number of anilines is 1. The first kappa shape index (κ1) is 12.5. The van der Waals surface area contributed by atoms with Gasteiger partial charge in [0.15, 0.2) is 11.5 Å². The number of nitrogens with one attached hydrogen (secondary N) is 1. The standard InChI is InChI=1S/C13H13N3O4/c1-2-11(17)14-13-16-15-12(20-13)10-7-18-8-5-3-4-6-9(8)19-10/h3-6,10H,2,7H2,1H3,(H,14,16,17)/t10-/m0/s1. The molecule has 2 aromatic rings. The average molecular weight is 275 g/mol. The van der Waals surface area contributed by atoms with Crippen LogP contribution in [0.15, 0.2) is 28.7 Å². The van der Waals surface area contributed by atoms with Crippen molar-refractivity contribution in [3.63, 3.8) is 0 Å². The molecule has 1 amide bonds. The van der Waals surface area contributed by atoms with Crippen molar-refractivity contribution in [2.45, 2.75) is 19.4 Å². The van der Waals surface area contributed by atoms with Crippen LogP contribution in [0.5, 0.6) is 11.5 Å². The van der Waals surface area contributed by atoms with Crippen LogP contribution in [0.3, 0.4) is 0 Å². The zero-order chi connectivity index (χ0) is 13.9. The third-order valence-electron chi connectivity index (χ3n) is 2.79. The van der Waals surface area contributed by atoms with Crippen LogP contribution in [0.25, 0.3) is 0 Å². The van der Waals surface area contributed by atoms with Gasteiger partial charge in [-0.1, -0.05) is 24.2 Å². The summed E-state index contributed by atoms with van der Waals surface area (Å²) in [5.41, 5.74) is 0. The molecule has 2 heterocycles. The number of benzene rings is 1. The van der Waals surface area contributed by atoms with Gasteiger partial charge < -0.3 is 13.9 Å². The molecule has 7 nitrogen and oxygen atoms in total. The van der Waals surface area contributed by atoms with Gasteiger partial charge in [-0.3, -0.25) is 10.1 Å². The second-order valence-corrected chi connectivity index (χ2v) is 4.21. The minimum atomic E-state index is -0.482. The minimum absolute atomic E-state index is 0.0642. The zero-order valence-corrected chi connectivity index (χ0v) is 10.8. The van der Waals surface area contributed by atoms with E-state index < -0.39 is 6.10 Å². The van der Waals surface area contributed by atoms with Crippen molar-refractivity contribution in [1.82, 2.24) is 10.2 Å². The van der Waals surface area contributed by atoms with Gasteiger partial charge in [-0.2, -0.15) is 0 Å². The predicted molar refractivity (Wildman–Crippen MR) is 68.5 cm³/mol. The summed E-state index contributed by atoms with van der Waals surface area (Å²) < 4.78 is 16.6. The van der Waals surface area contributed by atoms with Crippen molar-refractivity contribution in [2.75, 3.05) is 11.9 Å². The van der Waals surface area contributed by atoms with Crippen molar-refractivity contribution in [1.29, 1.82) is 0 Å². The largest absolute Gasteiger partial charge is 0.485 e. The number of nitrogens with zero attached hydrogens (tertiary/aromatic N) is 2. The first-order chi connectivity index (χ1) is 9.76. The van der Waals surface area contributed by atoms with E-state index in [1.165, 1.54) is 0 Å². The van der Waals surface area contributed by atoms with Crippen molar-refractivity contribution < 1.29 is 18.7 Å². The number of hydrogen-bond acceptors (Lipinski definition) is 6. The van der Waals surface area contributed by atoms with Crippen LogP contribution in [0.2, 0.25) is 0 Å². The van der Waals surface area contributed by atoms with E-state index in [1.54, 1.807) is 13.0 Å². The lowest BCUT2D eigenvalue weighted by molar-refractivity contribution is -0.116. The van der Waals surface area contributed by atoms with Gasteiger partial charge in [-0.05, 0) is 12.1 Å². The van der Waals surface area contributed by atoms with Crippen molar-refractivity contribution in [3.8, 4) is 11.5 Å². The van der Waals surface area contributed by atoms with Gasteiger partial charge >= 0.3 is 6.01 Å². The molecular formula is C13H13N3O4. The van der Waals surface area contributed by atoms with Crippen LogP contribution in [-0.2, 0) is 4.79 Å². The number of ether oxygens (including phenoxy) is 2. The maximum absolute atomic E-state index is 11.2. The molecule has 104 valence electrons. The Bertz CT molecular complexity index is 626. The monoisotopic (exact) mass is 275 g/mol. The normalized spacial score (nSPS) is 16.8. The molecule has 1 aliphatic rings. The molecule has 1 aliphatic heterocycles. The highest BCUT2D eigenvalue weighted by molar-refractivity contribution is 5.88. The van der Waals surface area contributed by atoms with E-state index in [0.717, 1.165) is 0 Å². The highest BCUT2D eigenvalue weighted by atomic mass is 16.6. The van der Waals surface area contributed by atoms with Gasteiger partial charge in [0.25, 0.3) is 5.89 Å². The molecule has 3 rings (SSSR count). The third kappa shape index (κ3) is 2.42. The average Bonchev–Trinajstić information content (AvgIpc) is 2.95. The van der Waals surface area contributed by atoms with Gasteiger partial charge in [0.1, 0.15) is 6.61 Å². The number of para-hydroxylation sites is 2. The number of fused-ring (bicyclic) bond motifs is 1. The van der Waals surface area contributed by atoms with E-state index in [-0.39, 0.29) is 24.4 Å². The fraction of sp³-hybridized carbons (Fsp3) is 0.308. The van der Waals surface area contributed by atoms with Crippen LogP contribution in [-0.4, -0.2) is 22.7 Å². The van der Waals surface area contributed by atoms with E-state index in [4.69, 9.17) is 13.9 Å². The molecule has 1 atom stereocenters. The SMILES string of the molecule is CCC(=O)Nc1nnc([C@@H]2COc3ccccc3O2)o1. The Morgan fingerprint density at radius 1 is 1.35 bits per heavy atom. The first-order valence-electron chi connectivity index (χ1n) is 6.28. The molecule has 1 aromatic heterocycles. The van der Waals surface area contributed by atoms with Crippen LogP contribution >= 0.6 is 0 Å². The molecule has 7 heteroatoms. The quantitative estimate of drug-likeness (QED) is 0.921. The highest BCUT2D eigenvalue weighted by Gasteiger charge is 2.27. The van der Waals surface area contributed by atoms with E-state index in [1.807, 2.05) is 18.2 Å². The summed E-state index contributed by atoms with van der Waals surface area (Å²) >= 11 is 0. The molecule has 1 aromatic carbocycles. The molecular weight excluding hydrogens is 262 g/mol. The number of carbonyl (C=O) groups excluding carboxylic acids is 1. The highest BCUT2D eigenvalue weighted by Crippen LogP contribution is 2.35. The Balaban J connectivity index is 1.73. The van der Waals surface area contributed by atoms with Gasteiger partial charge in [-0.15, -0.1) is 5.10 Å². The fourth-order valence-corrected chi connectivity index (χ4v) is 1.76. The third-order valence-corrected chi connectivity index (χ3v) is 2.79. The Labute approximate surface area is 114 Å². The zero-order valence-electron chi connectivity index (χ0n) is 10.8. The van der Waals surface area contributed by atoms with Gasteiger partial charge in [0, 0.05) is 6.42 Å². The molecule has 1 N–H and O–H groups in total. The molecule has 0 radical (unpaired) electrons. The fourth-order valence-electron chi connectivity index (χ4n) is 1.76. The molecule has 20 heavy (non-hydrogen) atoms. The van der Waals surface area contributed by atoms with Gasteiger partial charge in [-0.25, -0.2) is 0 Å². The van der Waals surface area contributed by atoms with E-state index in [0.29, 0.717) is 17.9 Å². The lowest BCUT2D eigenvalue weighted by Crippen LogP contribution is -2.21. The molecule has 0 bridgehead atoms. The Morgan fingerprint density at radius 3 is 2.95 bits per heavy atom. The Kier molecular flexibility index (Phi) is 3.24. The summed E-state index contributed by atoms with van der Waals surface area (Å²) in [5.74, 6) is 1.39. The number of rotatable bonds is 3. The maximum atomic E-state index is 11.2. The number of aromatic nitrogens is 2. The first-order valence-corrected chi connectivity index (χ1v) is 6.28. The minimum Gasteiger partial charge on any atom is -0.485 e. The smallest absolute Gasteiger partial charge is 0.322 e. The van der Waals surface area contributed by atoms with Crippen LogP contribution in [0.1, 0.15) is 25.3 Å². The Hall–Kier alpha value is -2.57. The molecule has 0 aliphatic carbocycles. The van der Waals surface area contributed by atoms with Crippen LogP contribution in [0.4, 0.5) is 6.01 Å². The van der Waals surface area contributed by atoms with Crippen LogP contribution < -0.4 is 14.8 Å². The lowest BCUT2D eigenvalue weighted by Gasteiger charge is -2.23. The van der Waals surface area contributed by atoms with Gasteiger partial charge in [0.05, 0.1) is 0 Å². The number of hydrogen-bond donors (Lipinski definition) is 1. The second kappa shape index (κ2) is 5.20. The van der Waals surface area contributed by atoms with E-state index >= 15 is 0 Å². The topological polar surface area (TPSA) is 86.5 Å². The molecule has 0 fully saturated rings. The molecule has 0 saturated carbocycles. The van der Waals surface area contributed by atoms with Crippen LogP contribution in [0, 0.1) is 0 Å². The van der Waals surface area contributed by atoms with E-state index in [2.05, 4.69) is 15.5 Å². The molecule has 0 unspecified atom stereocenters. The molecule has 0 spiro atoms. The summed E-state index contributed by atoms with van der Waals surface area (Å²) in [6.07, 6.45) is -0.140. The second-order valence-electron chi connectivity index (χ2n) is 4.21. The van der Waals surface area contributed by atoms with Gasteiger partial charge in [0.2, 0.25) is 12.0 Å². The van der Waals surface area contributed by atoms with Crippen molar-refractivity contribution in [3.05, 3.63) is 30.2 Å². The van der Waals surface area contributed by atoms with Crippen molar-refractivity contribution in [2.24, 2.45) is 0 Å². The van der Waals surface area contributed by atoms with Crippen molar-refractivity contribution >= 4 is 11.9 Å². The predicted octanol–water partition coefficient (Wildman–Crippen LogP) is 1.93. The number of carbonyl (C=O) groups is 1. The number of amides is 1. The lowest BCUT2D eigenvalue weighted by atomic mass is 10.2. The molecule has 0 saturated heterocycles. The summed E-state index contributed by atoms with van der Waals surface area (Å²) in [7, 11) is 0. The summed E-state index contributed by atoms with van der Waals surface area (Å²) in [6, 6.07) is 7.41. The Morgan fingerprint density at radius 2 is 2.15 bits per heavy atom. The maximum Gasteiger partial charge on any atom is 0.322 e.